The molecule has 52 heavy (non-hydrogen) atoms. The molecule has 0 amide bonds. The minimum absolute atomic E-state index is 0.00340. The number of fused-ring (bicyclic) bond motifs is 11. The van der Waals surface area contributed by atoms with E-state index in [9.17, 15) is 0 Å². The Morgan fingerprint density at radius 1 is 0.577 bits per heavy atom. The van der Waals surface area contributed by atoms with Crippen molar-refractivity contribution in [3.8, 4) is 45.3 Å². The Bertz CT molecular complexity index is 2580. The van der Waals surface area contributed by atoms with Crippen molar-refractivity contribution in [2.24, 2.45) is 0 Å². The maximum atomic E-state index is 6.94. The predicted octanol–water partition coefficient (Wildman–Crippen LogP) is 10.0. The summed E-state index contributed by atoms with van der Waals surface area (Å²) in [5.74, 6) is 3.69. The summed E-state index contributed by atoms with van der Waals surface area (Å²) in [4.78, 5) is 2.49. The number of ether oxygens (including phenoxy) is 2. The van der Waals surface area contributed by atoms with Crippen molar-refractivity contribution >= 4 is 34.5 Å². The zero-order valence-corrected chi connectivity index (χ0v) is 29.9. The van der Waals surface area contributed by atoms with Crippen LogP contribution in [0.2, 0.25) is 0 Å². The summed E-state index contributed by atoms with van der Waals surface area (Å²) in [6.07, 6.45) is 9.88. The summed E-state index contributed by atoms with van der Waals surface area (Å²) in [5, 5.41) is 0. The van der Waals surface area contributed by atoms with Crippen LogP contribution in [-0.2, 0) is 10.8 Å². The molecular weight excluding hydrogens is 633 g/mol. The molecule has 4 heteroatoms. The average Bonchev–Trinajstić information content (AvgIpc) is 3.54. The first-order chi connectivity index (χ1) is 25.3. The van der Waals surface area contributed by atoms with Gasteiger partial charge in [-0.2, -0.15) is 0 Å². The zero-order valence-electron chi connectivity index (χ0n) is 29.9. The van der Waals surface area contributed by atoms with Crippen LogP contribution < -0.4 is 30.8 Å². The normalized spacial score (nSPS) is 18.2. The highest BCUT2D eigenvalue weighted by atomic mass is 16.5. The number of hydrogen-bond donors (Lipinski definition) is 0. The fourth-order valence-corrected chi connectivity index (χ4v) is 9.92. The summed E-state index contributed by atoms with van der Waals surface area (Å²) >= 11 is 0. The Balaban J connectivity index is 1.09. The Kier molecular flexibility index (Phi) is 6.00. The van der Waals surface area contributed by atoms with Gasteiger partial charge in [-0.1, -0.05) is 125 Å². The van der Waals surface area contributed by atoms with Crippen LogP contribution in [-0.4, -0.2) is 12.8 Å². The molecule has 0 saturated heterocycles. The monoisotopic (exact) mass is 671 g/mol. The van der Waals surface area contributed by atoms with Crippen molar-refractivity contribution in [2.45, 2.75) is 51.0 Å². The van der Waals surface area contributed by atoms with Gasteiger partial charge in [0.05, 0.1) is 6.04 Å². The molecule has 0 aromatic heterocycles. The Morgan fingerprint density at radius 3 is 2.17 bits per heavy atom. The quantitative estimate of drug-likeness (QED) is 0.175. The molecule has 1 atom stereocenters. The van der Waals surface area contributed by atoms with E-state index in [0.29, 0.717) is 0 Å². The van der Waals surface area contributed by atoms with Gasteiger partial charge in [0.2, 0.25) is 0 Å². The lowest BCUT2D eigenvalue weighted by atomic mass is 9.34. The number of hydrogen-bond acceptors (Lipinski definition) is 3. The maximum Gasteiger partial charge on any atom is 0.260 e. The van der Waals surface area contributed by atoms with Gasteiger partial charge in [-0.05, 0) is 98.8 Å². The highest BCUT2D eigenvalue weighted by molar-refractivity contribution is 6.98. The molecule has 0 fully saturated rings. The zero-order chi connectivity index (χ0) is 34.9. The molecule has 1 unspecified atom stereocenters. The first-order valence-electron chi connectivity index (χ1n) is 18.6. The Morgan fingerprint density at radius 2 is 1.35 bits per heavy atom. The van der Waals surface area contributed by atoms with E-state index >= 15 is 0 Å². The summed E-state index contributed by atoms with van der Waals surface area (Å²) in [6.45, 7) is 9.39. The second kappa shape index (κ2) is 10.4. The summed E-state index contributed by atoms with van der Waals surface area (Å²) in [6, 6.07) is 42.7. The van der Waals surface area contributed by atoms with Crippen LogP contribution in [0.25, 0.3) is 22.3 Å². The van der Waals surface area contributed by atoms with Crippen molar-refractivity contribution in [1.29, 1.82) is 0 Å². The molecule has 2 heterocycles. The highest BCUT2D eigenvalue weighted by Gasteiger charge is 2.46. The third-order valence-corrected chi connectivity index (χ3v) is 12.5. The van der Waals surface area contributed by atoms with E-state index in [0.717, 1.165) is 34.9 Å². The van der Waals surface area contributed by atoms with Crippen molar-refractivity contribution in [3.63, 3.8) is 0 Å². The number of para-hydroxylation sites is 1. The SMILES string of the molecule is CC1(C)c2cc(N(c3ccccc3)C3C=CC=CC3)ccc2-c2cc3c(cc21)Oc1cccc2c1B3c1ccc3c(c1O2)-c1ccccc1C3(C)C. The predicted molar refractivity (Wildman–Crippen MR) is 215 cm³/mol. The topological polar surface area (TPSA) is 21.7 Å². The molecule has 0 radical (unpaired) electrons. The maximum absolute atomic E-state index is 6.94. The van der Waals surface area contributed by atoms with E-state index < -0.39 is 0 Å². The van der Waals surface area contributed by atoms with Crippen molar-refractivity contribution < 1.29 is 9.47 Å². The molecular formula is C48H38BNO2. The molecule has 0 spiro atoms. The first kappa shape index (κ1) is 29.9. The molecule has 0 bridgehead atoms. The van der Waals surface area contributed by atoms with Gasteiger partial charge in [0.15, 0.2) is 0 Å². The summed E-state index contributed by atoms with van der Waals surface area (Å²) in [7, 11) is 0. The van der Waals surface area contributed by atoms with Crippen LogP contribution in [0.15, 0.2) is 140 Å². The van der Waals surface area contributed by atoms with Crippen LogP contribution in [0.1, 0.15) is 56.4 Å². The third kappa shape index (κ3) is 3.93. The minimum atomic E-state index is -0.213. The molecule has 6 aromatic rings. The number of anilines is 2. The molecule has 0 saturated carbocycles. The van der Waals surface area contributed by atoms with Crippen molar-refractivity contribution in [1.82, 2.24) is 0 Å². The van der Waals surface area contributed by atoms with Crippen LogP contribution in [0.4, 0.5) is 11.4 Å². The summed E-state index contributed by atoms with van der Waals surface area (Å²) < 4.78 is 13.8. The minimum Gasteiger partial charge on any atom is -0.458 e. The Labute approximate surface area is 305 Å². The lowest BCUT2D eigenvalue weighted by molar-refractivity contribution is 0.464. The van der Waals surface area contributed by atoms with Gasteiger partial charge in [-0.15, -0.1) is 0 Å². The summed E-state index contributed by atoms with van der Waals surface area (Å²) in [5.41, 5.74) is 16.1. The lowest BCUT2D eigenvalue weighted by Crippen LogP contribution is -2.57. The molecule has 3 nitrogen and oxygen atoms in total. The van der Waals surface area contributed by atoms with E-state index in [4.69, 9.17) is 9.47 Å². The van der Waals surface area contributed by atoms with E-state index in [-0.39, 0.29) is 23.6 Å². The number of rotatable bonds is 3. The van der Waals surface area contributed by atoms with Gasteiger partial charge in [-0.3, -0.25) is 0 Å². The van der Waals surface area contributed by atoms with Crippen LogP contribution in [0, 0.1) is 0 Å². The third-order valence-electron chi connectivity index (χ3n) is 12.5. The number of allylic oxidation sites excluding steroid dienone is 2. The van der Waals surface area contributed by atoms with Gasteiger partial charge in [0, 0.05) is 33.2 Å². The van der Waals surface area contributed by atoms with Gasteiger partial charge in [0.1, 0.15) is 23.0 Å². The molecule has 0 N–H and O–H groups in total. The average molecular weight is 672 g/mol. The van der Waals surface area contributed by atoms with Crippen molar-refractivity contribution in [3.05, 3.63) is 162 Å². The fourth-order valence-electron chi connectivity index (χ4n) is 9.92. The van der Waals surface area contributed by atoms with Gasteiger partial charge < -0.3 is 14.4 Å². The molecule has 5 aliphatic rings. The number of nitrogens with zero attached hydrogens (tertiary/aromatic N) is 1. The second-order valence-electron chi connectivity index (χ2n) is 16.0. The van der Waals surface area contributed by atoms with E-state index in [1.807, 2.05) is 0 Å². The molecule has 3 aliphatic carbocycles. The molecule has 11 rings (SSSR count). The van der Waals surface area contributed by atoms with Gasteiger partial charge >= 0.3 is 0 Å². The van der Waals surface area contributed by atoms with Crippen LogP contribution in [0.5, 0.6) is 23.0 Å². The number of benzene rings is 6. The fraction of sp³-hybridized carbons (Fsp3) is 0.167. The Hall–Kier alpha value is -5.74. The van der Waals surface area contributed by atoms with Crippen LogP contribution >= 0.6 is 0 Å². The van der Waals surface area contributed by atoms with E-state index in [1.165, 1.54) is 66.8 Å². The molecule has 6 aromatic carbocycles. The smallest absolute Gasteiger partial charge is 0.260 e. The second-order valence-corrected chi connectivity index (χ2v) is 16.0. The molecule has 250 valence electrons. The molecule has 2 aliphatic heterocycles. The lowest BCUT2D eigenvalue weighted by Gasteiger charge is -2.35. The van der Waals surface area contributed by atoms with Gasteiger partial charge in [-0.25, -0.2) is 0 Å². The largest absolute Gasteiger partial charge is 0.458 e. The highest BCUT2D eigenvalue weighted by Crippen LogP contribution is 2.55. The van der Waals surface area contributed by atoms with Gasteiger partial charge in [0.25, 0.3) is 6.71 Å². The standard InChI is InChI=1S/C48H38BNO2/c1-47(2)35-19-12-11-18-33(35)44-36(47)24-25-39-46(44)52-42-21-13-20-41-45(42)49(39)40-27-34-32-23-22-31(26-37(32)48(3,4)38(34)28-43(40)51-41)50(29-14-7-5-8-15-29)30-16-9-6-10-17-30/h5-16,18-28,30H,17H2,1-4H3. The van der Waals surface area contributed by atoms with Crippen LogP contribution in [0.3, 0.4) is 0 Å². The van der Waals surface area contributed by atoms with E-state index in [2.05, 4.69) is 172 Å². The first-order valence-corrected chi connectivity index (χ1v) is 18.6. The van der Waals surface area contributed by atoms with E-state index in [1.54, 1.807) is 0 Å². The van der Waals surface area contributed by atoms with Crippen molar-refractivity contribution in [2.75, 3.05) is 4.90 Å².